The molecule has 1 atom stereocenters. The minimum absolute atomic E-state index is 0.0512. The summed E-state index contributed by atoms with van der Waals surface area (Å²) in [5.41, 5.74) is 1.21. The largest absolute Gasteiger partial charge is 0.490 e. The lowest BCUT2D eigenvalue weighted by Crippen LogP contribution is -2.50. The number of aryl methyl sites for hydroxylation is 2. The Morgan fingerprint density at radius 3 is 3.00 bits per heavy atom. The smallest absolute Gasteiger partial charge is 0.254 e. The zero-order valence-corrected chi connectivity index (χ0v) is 15.1. The van der Waals surface area contributed by atoms with Crippen LogP contribution in [-0.4, -0.2) is 59.4 Å². The monoisotopic (exact) mass is 356 g/mol. The first kappa shape index (κ1) is 18.4. The lowest BCUT2D eigenvalue weighted by Gasteiger charge is -2.31. The lowest BCUT2D eigenvalue weighted by atomic mass is 10.0. The topological polar surface area (TPSA) is 71.9 Å². The number of hydrogen-bond acceptors (Lipinski definition) is 5. The molecule has 2 heterocycles. The van der Waals surface area contributed by atoms with Gasteiger partial charge in [0, 0.05) is 24.5 Å². The van der Waals surface area contributed by atoms with Gasteiger partial charge in [-0.1, -0.05) is 12.1 Å². The molecule has 0 bridgehead atoms. The van der Waals surface area contributed by atoms with E-state index in [0.29, 0.717) is 24.5 Å². The van der Waals surface area contributed by atoms with E-state index in [2.05, 4.69) is 4.98 Å². The van der Waals surface area contributed by atoms with E-state index in [9.17, 15) is 9.90 Å². The van der Waals surface area contributed by atoms with Gasteiger partial charge in [0.15, 0.2) is 0 Å². The third-order valence-electron chi connectivity index (χ3n) is 4.40. The molecule has 1 aromatic heterocycles. The van der Waals surface area contributed by atoms with E-state index in [4.69, 9.17) is 9.47 Å². The molecule has 26 heavy (non-hydrogen) atoms. The van der Waals surface area contributed by atoms with Crippen molar-refractivity contribution in [1.82, 2.24) is 9.88 Å². The second kappa shape index (κ2) is 7.85. The SMILES string of the molecule is Cc1cccc(OC[C@@]2(O)COCCN(C(=O)c3ccncc3C)C2)c1. The van der Waals surface area contributed by atoms with Crippen LogP contribution in [0.1, 0.15) is 21.5 Å². The summed E-state index contributed by atoms with van der Waals surface area (Å²) in [5.74, 6) is 0.551. The molecule has 1 aromatic carbocycles. The van der Waals surface area contributed by atoms with E-state index in [0.717, 1.165) is 11.1 Å². The predicted octanol–water partition coefficient (Wildman–Crippen LogP) is 1.98. The predicted molar refractivity (Wildman–Crippen MR) is 97.3 cm³/mol. The Morgan fingerprint density at radius 1 is 1.38 bits per heavy atom. The summed E-state index contributed by atoms with van der Waals surface area (Å²) in [6.07, 6.45) is 3.26. The number of nitrogens with zero attached hydrogens (tertiary/aromatic N) is 2. The lowest BCUT2D eigenvalue weighted by molar-refractivity contribution is -0.0621. The number of pyridine rings is 1. The van der Waals surface area contributed by atoms with Crippen LogP contribution in [0.5, 0.6) is 5.75 Å². The molecule has 6 heteroatoms. The highest BCUT2D eigenvalue weighted by molar-refractivity contribution is 5.95. The third-order valence-corrected chi connectivity index (χ3v) is 4.40. The Bertz CT molecular complexity index is 780. The number of aliphatic hydroxyl groups is 1. The number of rotatable bonds is 4. The highest BCUT2D eigenvalue weighted by Gasteiger charge is 2.36. The maximum atomic E-state index is 12.9. The van der Waals surface area contributed by atoms with Crippen molar-refractivity contribution < 1.29 is 19.4 Å². The summed E-state index contributed by atoms with van der Waals surface area (Å²) in [4.78, 5) is 18.5. The number of benzene rings is 1. The normalized spacial score (nSPS) is 20.5. The summed E-state index contributed by atoms with van der Waals surface area (Å²) < 4.78 is 11.3. The number of carbonyl (C=O) groups excluding carboxylic acids is 1. The van der Waals surface area contributed by atoms with Gasteiger partial charge in [0.2, 0.25) is 0 Å². The van der Waals surface area contributed by atoms with Crippen molar-refractivity contribution in [3.05, 3.63) is 59.4 Å². The van der Waals surface area contributed by atoms with Crippen LogP contribution in [0.15, 0.2) is 42.7 Å². The van der Waals surface area contributed by atoms with E-state index in [1.54, 1.807) is 23.4 Å². The zero-order chi connectivity index (χ0) is 18.6. The molecule has 1 N–H and O–H groups in total. The maximum Gasteiger partial charge on any atom is 0.254 e. The highest BCUT2D eigenvalue weighted by atomic mass is 16.5. The average molecular weight is 356 g/mol. The number of carbonyl (C=O) groups is 1. The summed E-state index contributed by atoms with van der Waals surface area (Å²) in [6, 6.07) is 9.33. The first-order valence-electron chi connectivity index (χ1n) is 8.66. The molecule has 138 valence electrons. The molecule has 1 aliphatic rings. The number of aromatic nitrogens is 1. The van der Waals surface area contributed by atoms with Crippen LogP contribution in [0, 0.1) is 13.8 Å². The van der Waals surface area contributed by atoms with Crippen molar-refractivity contribution in [3.8, 4) is 5.75 Å². The molecule has 1 amide bonds. The molecule has 0 saturated carbocycles. The standard InChI is InChI=1S/C20H24N2O4/c1-15-4-3-5-17(10-15)26-14-20(24)12-22(8-9-25-13-20)19(23)18-6-7-21-11-16(18)2/h3-7,10-11,24H,8-9,12-14H2,1-2H3/t20-/m0/s1. The zero-order valence-electron chi connectivity index (χ0n) is 15.1. The molecule has 0 aliphatic carbocycles. The van der Waals surface area contributed by atoms with Gasteiger partial charge < -0.3 is 19.5 Å². The van der Waals surface area contributed by atoms with Gasteiger partial charge in [-0.3, -0.25) is 9.78 Å². The highest BCUT2D eigenvalue weighted by Crippen LogP contribution is 2.19. The van der Waals surface area contributed by atoms with Crippen LogP contribution in [0.3, 0.4) is 0 Å². The summed E-state index contributed by atoms with van der Waals surface area (Å²) >= 11 is 0. The molecule has 0 radical (unpaired) electrons. The fourth-order valence-corrected chi connectivity index (χ4v) is 2.98. The van der Waals surface area contributed by atoms with Crippen molar-refractivity contribution in [2.24, 2.45) is 0 Å². The third kappa shape index (κ3) is 4.39. The maximum absolute atomic E-state index is 12.9. The van der Waals surface area contributed by atoms with Crippen molar-refractivity contribution in [3.63, 3.8) is 0 Å². The Labute approximate surface area is 153 Å². The van der Waals surface area contributed by atoms with E-state index < -0.39 is 5.60 Å². The van der Waals surface area contributed by atoms with E-state index >= 15 is 0 Å². The van der Waals surface area contributed by atoms with Gasteiger partial charge in [0.1, 0.15) is 18.0 Å². The van der Waals surface area contributed by atoms with Crippen molar-refractivity contribution >= 4 is 5.91 Å². The van der Waals surface area contributed by atoms with Crippen LogP contribution in [0.2, 0.25) is 0 Å². The molecule has 1 aliphatic heterocycles. The number of hydrogen-bond donors (Lipinski definition) is 1. The van der Waals surface area contributed by atoms with Crippen molar-refractivity contribution in [1.29, 1.82) is 0 Å². The Kier molecular flexibility index (Phi) is 5.54. The minimum atomic E-state index is -1.27. The van der Waals surface area contributed by atoms with Gasteiger partial charge in [0.25, 0.3) is 5.91 Å². The second-order valence-electron chi connectivity index (χ2n) is 6.80. The molecule has 0 spiro atoms. The number of amides is 1. The molecule has 1 fully saturated rings. The summed E-state index contributed by atoms with van der Waals surface area (Å²) in [6.45, 7) is 4.96. The number of ether oxygens (including phenoxy) is 2. The second-order valence-corrected chi connectivity index (χ2v) is 6.80. The van der Waals surface area contributed by atoms with Crippen LogP contribution >= 0.6 is 0 Å². The van der Waals surface area contributed by atoms with E-state index in [1.165, 1.54) is 0 Å². The average Bonchev–Trinajstić information content (AvgIpc) is 2.82. The van der Waals surface area contributed by atoms with Gasteiger partial charge >= 0.3 is 0 Å². The fourth-order valence-electron chi connectivity index (χ4n) is 2.98. The fraction of sp³-hybridized carbons (Fsp3) is 0.400. The van der Waals surface area contributed by atoms with Crippen LogP contribution in [0.4, 0.5) is 0 Å². The van der Waals surface area contributed by atoms with Crippen molar-refractivity contribution in [2.45, 2.75) is 19.4 Å². The minimum Gasteiger partial charge on any atom is -0.490 e. The molecule has 0 unspecified atom stereocenters. The van der Waals surface area contributed by atoms with Crippen molar-refractivity contribution in [2.75, 3.05) is 32.9 Å². The van der Waals surface area contributed by atoms with E-state index in [1.807, 2.05) is 38.1 Å². The first-order valence-corrected chi connectivity index (χ1v) is 8.66. The molecule has 2 aromatic rings. The van der Waals surface area contributed by atoms with E-state index in [-0.39, 0.29) is 25.7 Å². The van der Waals surface area contributed by atoms with Gasteiger partial charge in [-0.15, -0.1) is 0 Å². The van der Waals surface area contributed by atoms with Gasteiger partial charge in [-0.05, 0) is 43.2 Å². The van der Waals surface area contributed by atoms with Crippen LogP contribution in [0.25, 0.3) is 0 Å². The quantitative estimate of drug-likeness (QED) is 0.907. The van der Waals surface area contributed by atoms with Crippen LogP contribution in [-0.2, 0) is 4.74 Å². The summed E-state index contributed by atoms with van der Waals surface area (Å²) in [5, 5.41) is 11.0. The molecule has 1 saturated heterocycles. The van der Waals surface area contributed by atoms with Gasteiger partial charge in [-0.25, -0.2) is 0 Å². The Balaban J connectivity index is 1.71. The molecular weight excluding hydrogens is 332 g/mol. The summed E-state index contributed by atoms with van der Waals surface area (Å²) in [7, 11) is 0. The van der Waals surface area contributed by atoms with Gasteiger partial charge in [0.05, 0.1) is 19.8 Å². The molecule has 6 nitrogen and oxygen atoms in total. The Hall–Kier alpha value is -2.44. The number of β-amino-alcohol motifs (C(OH)–C–C–N with tert-alkyl or cyclic N) is 1. The Morgan fingerprint density at radius 2 is 2.23 bits per heavy atom. The van der Waals surface area contributed by atoms with Gasteiger partial charge in [-0.2, -0.15) is 0 Å². The first-order chi connectivity index (χ1) is 12.5. The molecular formula is C20H24N2O4. The molecule has 3 rings (SSSR count). The van der Waals surface area contributed by atoms with Crippen LogP contribution < -0.4 is 4.74 Å².